The molecule has 0 N–H and O–H groups in total. The van der Waals surface area contributed by atoms with Gasteiger partial charge in [-0.2, -0.15) is 13.2 Å². The second-order valence-electron chi connectivity index (χ2n) is 7.60. The third-order valence-electron chi connectivity index (χ3n) is 5.35. The Bertz CT molecular complexity index is 904. The van der Waals surface area contributed by atoms with Gasteiger partial charge in [-0.1, -0.05) is 13.3 Å². The van der Waals surface area contributed by atoms with Crippen LogP contribution in [0.1, 0.15) is 42.1 Å². The number of nitrogens with zero attached hydrogens (tertiary/aromatic N) is 3. The molecule has 0 radical (unpaired) electrons. The molecule has 0 atom stereocenters. The number of hydrogen-bond donors (Lipinski definition) is 0. The van der Waals surface area contributed by atoms with Gasteiger partial charge in [-0.25, -0.2) is 4.98 Å². The van der Waals surface area contributed by atoms with E-state index in [-0.39, 0.29) is 5.91 Å². The van der Waals surface area contributed by atoms with Crippen LogP contribution in [0.2, 0.25) is 0 Å². The lowest BCUT2D eigenvalue weighted by molar-refractivity contribution is -0.137. The van der Waals surface area contributed by atoms with E-state index in [0.717, 1.165) is 25.1 Å². The molecule has 9 heteroatoms. The summed E-state index contributed by atoms with van der Waals surface area (Å²) in [5, 5.41) is 0. The molecule has 1 aliphatic heterocycles. The fourth-order valence-electron chi connectivity index (χ4n) is 3.52. The number of aromatic nitrogens is 1. The number of amides is 1. The summed E-state index contributed by atoms with van der Waals surface area (Å²) in [6.45, 7) is 4.75. The van der Waals surface area contributed by atoms with E-state index in [2.05, 4.69) is 11.9 Å². The van der Waals surface area contributed by atoms with Gasteiger partial charge >= 0.3 is 6.18 Å². The van der Waals surface area contributed by atoms with Gasteiger partial charge in [0.2, 0.25) is 0 Å². The Kier molecular flexibility index (Phi) is 7.82. The van der Waals surface area contributed by atoms with Crippen LogP contribution in [0.15, 0.2) is 36.5 Å². The maximum Gasteiger partial charge on any atom is 0.417 e. The molecule has 0 aliphatic carbocycles. The summed E-state index contributed by atoms with van der Waals surface area (Å²) in [6, 6.07) is 7.57. The number of halogens is 3. The Morgan fingerprint density at radius 3 is 2.56 bits per heavy atom. The summed E-state index contributed by atoms with van der Waals surface area (Å²) in [5.41, 5.74) is -0.269. The number of carbonyl (C=O) groups is 1. The Morgan fingerprint density at radius 2 is 1.91 bits per heavy atom. The van der Waals surface area contributed by atoms with Gasteiger partial charge in [0.15, 0.2) is 11.5 Å². The minimum atomic E-state index is -4.41. The number of unbranched alkanes of at least 4 members (excludes halogenated alkanes) is 1. The van der Waals surface area contributed by atoms with Crippen molar-refractivity contribution in [1.82, 2.24) is 9.88 Å². The zero-order valence-corrected chi connectivity index (χ0v) is 18.3. The van der Waals surface area contributed by atoms with Gasteiger partial charge in [0.05, 0.1) is 19.3 Å². The average Bonchev–Trinajstić information content (AvgIpc) is 3.05. The van der Waals surface area contributed by atoms with E-state index in [1.807, 2.05) is 4.90 Å². The molecule has 3 rings (SSSR count). The van der Waals surface area contributed by atoms with Crippen molar-refractivity contribution in [3.63, 3.8) is 0 Å². The largest absolute Gasteiger partial charge is 0.493 e. The molecular formula is C23H28F3N3O3. The molecule has 32 heavy (non-hydrogen) atoms. The zero-order chi connectivity index (χ0) is 23.1. The number of ether oxygens (including phenoxy) is 2. The standard InChI is InChI=1S/C23H28F3N3O3/c1-3-4-14-32-19-8-6-17(15-20(19)31-2)22(30)29-11-5-10-28(12-13-29)21-9-7-18(16-27-21)23(24,25)26/h6-9,15-16H,3-5,10-14H2,1-2H3. The van der Waals surface area contributed by atoms with Gasteiger partial charge < -0.3 is 19.3 Å². The molecule has 1 aromatic carbocycles. The Balaban J connectivity index is 1.65. The number of alkyl halides is 3. The summed E-state index contributed by atoms with van der Waals surface area (Å²) in [6.07, 6.45) is -0.927. The molecule has 2 aromatic rings. The predicted octanol–water partition coefficient (Wildman–Crippen LogP) is 4.64. The van der Waals surface area contributed by atoms with Crippen LogP contribution < -0.4 is 14.4 Å². The highest BCUT2D eigenvalue weighted by Crippen LogP contribution is 2.30. The van der Waals surface area contributed by atoms with Crippen molar-refractivity contribution in [2.75, 3.05) is 44.8 Å². The molecule has 1 aliphatic rings. The second kappa shape index (κ2) is 10.6. The fourth-order valence-corrected chi connectivity index (χ4v) is 3.52. The van der Waals surface area contributed by atoms with Gasteiger partial charge in [-0.3, -0.25) is 4.79 Å². The second-order valence-corrected chi connectivity index (χ2v) is 7.60. The van der Waals surface area contributed by atoms with Crippen molar-refractivity contribution in [1.29, 1.82) is 0 Å². The van der Waals surface area contributed by atoms with Crippen molar-refractivity contribution in [2.45, 2.75) is 32.4 Å². The van der Waals surface area contributed by atoms with E-state index in [4.69, 9.17) is 9.47 Å². The lowest BCUT2D eigenvalue weighted by Gasteiger charge is -2.23. The monoisotopic (exact) mass is 451 g/mol. The molecule has 174 valence electrons. The van der Waals surface area contributed by atoms with Gasteiger partial charge in [0.1, 0.15) is 5.82 Å². The predicted molar refractivity (Wildman–Crippen MR) is 115 cm³/mol. The average molecular weight is 451 g/mol. The van der Waals surface area contributed by atoms with Crippen LogP contribution in [0.25, 0.3) is 0 Å². The molecular weight excluding hydrogens is 423 g/mol. The van der Waals surface area contributed by atoms with Crippen molar-refractivity contribution in [3.05, 3.63) is 47.7 Å². The molecule has 1 amide bonds. The molecule has 1 saturated heterocycles. The number of methoxy groups -OCH3 is 1. The van der Waals surface area contributed by atoms with E-state index in [1.54, 1.807) is 23.1 Å². The number of benzene rings is 1. The Hall–Kier alpha value is -2.97. The fraction of sp³-hybridized carbons (Fsp3) is 0.478. The highest BCUT2D eigenvalue weighted by Gasteiger charge is 2.31. The molecule has 1 fully saturated rings. The first-order chi connectivity index (χ1) is 15.3. The maximum absolute atomic E-state index is 13.1. The third-order valence-corrected chi connectivity index (χ3v) is 5.35. The van der Waals surface area contributed by atoms with Gasteiger partial charge in [-0.05, 0) is 43.2 Å². The van der Waals surface area contributed by atoms with Crippen LogP contribution in [0.5, 0.6) is 11.5 Å². The first-order valence-corrected chi connectivity index (χ1v) is 10.7. The molecule has 0 bridgehead atoms. The first-order valence-electron chi connectivity index (χ1n) is 10.7. The molecule has 0 spiro atoms. The Labute approximate surface area is 185 Å². The molecule has 2 heterocycles. The van der Waals surface area contributed by atoms with Crippen molar-refractivity contribution >= 4 is 11.7 Å². The highest BCUT2D eigenvalue weighted by atomic mass is 19.4. The Morgan fingerprint density at radius 1 is 1.09 bits per heavy atom. The minimum absolute atomic E-state index is 0.120. The van der Waals surface area contributed by atoms with Gasteiger partial charge in [0, 0.05) is 37.9 Å². The SMILES string of the molecule is CCCCOc1ccc(C(=O)N2CCCN(c3ccc(C(F)(F)F)cn3)CC2)cc1OC. The maximum atomic E-state index is 13.1. The summed E-state index contributed by atoms with van der Waals surface area (Å²) in [4.78, 5) is 20.7. The van der Waals surface area contributed by atoms with Crippen LogP contribution in [0, 0.1) is 0 Å². The number of anilines is 1. The smallest absolute Gasteiger partial charge is 0.417 e. The molecule has 1 aromatic heterocycles. The topological polar surface area (TPSA) is 54.9 Å². The van der Waals surface area contributed by atoms with Crippen LogP contribution in [-0.4, -0.2) is 55.7 Å². The van der Waals surface area contributed by atoms with Crippen molar-refractivity contribution in [2.24, 2.45) is 0 Å². The number of carbonyl (C=O) groups excluding carboxylic acids is 1. The van der Waals surface area contributed by atoms with Crippen LogP contribution in [0.3, 0.4) is 0 Å². The lowest BCUT2D eigenvalue weighted by Crippen LogP contribution is -2.35. The van der Waals surface area contributed by atoms with E-state index in [1.165, 1.54) is 13.2 Å². The number of hydrogen-bond acceptors (Lipinski definition) is 5. The summed E-state index contributed by atoms with van der Waals surface area (Å²) < 4.78 is 49.4. The molecule has 0 unspecified atom stereocenters. The van der Waals surface area contributed by atoms with Crippen LogP contribution in [0.4, 0.5) is 19.0 Å². The first kappa shape index (κ1) is 23.7. The summed E-state index contributed by atoms with van der Waals surface area (Å²) in [7, 11) is 1.54. The van der Waals surface area contributed by atoms with Gasteiger partial charge in [0.25, 0.3) is 5.91 Å². The minimum Gasteiger partial charge on any atom is -0.493 e. The quantitative estimate of drug-likeness (QED) is 0.574. The summed E-state index contributed by atoms with van der Waals surface area (Å²) in [5.74, 6) is 1.47. The lowest BCUT2D eigenvalue weighted by atomic mass is 10.1. The third kappa shape index (κ3) is 5.83. The highest BCUT2D eigenvalue weighted by molar-refractivity contribution is 5.95. The zero-order valence-electron chi connectivity index (χ0n) is 18.3. The van der Waals surface area contributed by atoms with Crippen molar-refractivity contribution in [3.8, 4) is 11.5 Å². The number of pyridine rings is 1. The van der Waals surface area contributed by atoms with E-state index in [9.17, 15) is 18.0 Å². The van der Waals surface area contributed by atoms with E-state index < -0.39 is 11.7 Å². The van der Waals surface area contributed by atoms with Crippen LogP contribution in [-0.2, 0) is 6.18 Å². The molecule has 6 nitrogen and oxygen atoms in total. The van der Waals surface area contributed by atoms with Crippen molar-refractivity contribution < 1.29 is 27.4 Å². The normalized spacial score (nSPS) is 14.8. The van der Waals surface area contributed by atoms with Crippen LogP contribution >= 0.6 is 0 Å². The summed E-state index contributed by atoms with van der Waals surface area (Å²) >= 11 is 0. The molecule has 0 saturated carbocycles. The van der Waals surface area contributed by atoms with E-state index in [0.29, 0.717) is 62.1 Å². The van der Waals surface area contributed by atoms with E-state index >= 15 is 0 Å². The van der Waals surface area contributed by atoms with Gasteiger partial charge in [-0.15, -0.1) is 0 Å². The number of rotatable bonds is 7.